The molecular formula is C20H24N2O3. The van der Waals surface area contributed by atoms with E-state index in [1.807, 2.05) is 48.5 Å². The smallest absolute Gasteiger partial charge is 0.224 e. The third kappa shape index (κ3) is 6.77. The zero-order valence-corrected chi connectivity index (χ0v) is 14.4. The van der Waals surface area contributed by atoms with Gasteiger partial charge in [0.1, 0.15) is 0 Å². The van der Waals surface area contributed by atoms with Crippen molar-refractivity contribution in [2.45, 2.75) is 32.6 Å². The summed E-state index contributed by atoms with van der Waals surface area (Å²) in [5.41, 5.74) is 3.73. The van der Waals surface area contributed by atoms with Crippen LogP contribution in [-0.4, -0.2) is 23.5 Å². The van der Waals surface area contributed by atoms with Crippen LogP contribution in [0.3, 0.4) is 0 Å². The summed E-state index contributed by atoms with van der Waals surface area (Å²) in [5, 5.41) is 14.5. The average Bonchev–Trinajstić information content (AvgIpc) is 2.58. The van der Waals surface area contributed by atoms with E-state index in [0.717, 1.165) is 35.3 Å². The van der Waals surface area contributed by atoms with E-state index in [1.165, 1.54) is 6.92 Å². The van der Waals surface area contributed by atoms with Crippen molar-refractivity contribution in [2.24, 2.45) is 0 Å². The van der Waals surface area contributed by atoms with Crippen LogP contribution < -0.4 is 10.6 Å². The van der Waals surface area contributed by atoms with Gasteiger partial charge < -0.3 is 15.7 Å². The molecule has 0 fully saturated rings. The Kier molecular flexibility index (Phi) is 7.16. The van der Waals surface area contributed by atoms with Crippen LogP contribution in [0.2, 0.25) is 0 Å². The second-order valence-electron chi connectivity index (χ2n) is 5.95. The van der Waals surface area contributed by atoms with E-state index in [4.69, 9.17) is 5.11 Å². The molecule has 0 aliphatic carbocycles. The number of anilines is 2. The summed E-state index contributed by atoms with van der Waals surface area (Å²) in [6, 6.07) is 15.2. The number of aliphatic hydroxyl groups excluding tert-OH is 1. The molecule has 0 radical (unpaired) electrons. The molecular weight excluding hydrogens is 316 g/mol. The van der Waals surface area contributed by atoms with E-state index < -0.39 is 0 Å². The maximum atomic E-state index is 12.0. The molecule has 0 atom stereocenters. The second-order valence-corrected chi connectivity index (χ2v) is 5.95. The van der Waals surface area contributed by atoms with Crippen LogP contribution in [0, 0.1) is 0 Å². The van der Waals surface area contributed by atoms with Crippen molar-refractivity contribution in [3.05, 3.63) is 59.7 Å². The van der Waals surface area contributed by atoms with Gasteiger partial charge in [-0.3, -0.25) is 9.59 Å². The van der Waals surface area contributed by atoms with Gasteiger partial charge in [0.05, 0.1) is 0 Å². The van der Waals surface area contributed by atoms with Crippen molar-refractivity contribution in [1.29, 1.82) is 0 Å². The molecule has 0 bridgehead atoms. The van der Waals surface area contributed by atoms with Gasteiger partial charge in [0.15, 0.2) is 0 Å². The van der Waals surface area contributed by atoms with Gasteiger partial charge in [-0.15, -0.1) is 0 Å². The Bertz CT molecular complexity index is 694. The average molecular weight is 340 g/mol. The highest BCUT2D eigenvalue weighted by molar-refractivity contribution is 5.90. The molecule has 0 saturated heterocycles. The van der Waals surface area contributed by atoms with Gasteiger partial charge in [0.25, 0.3) is 0 Å². The quantitative estimate of drug-likeness (QED) is 0.691. The first-order valence-electron chi connectivity index (χ1n) is 8.43. The fourth-order valence-corrected chi connectivity index (χ4v) is 2.52. The van der Waals surface area contributed by atoms with Crippen LogP contribution in [0.1, 0.15) is 30.9 Å². The molecule has 0 aliphatic heterocycles. The number of hydrogen-bond acceptors (Lipinski definition) is 3. The Labute approximate surface area is 148 Å². The normalized spacial score (nSPS) is 10.3. The van der Waals surface area contributed by atoms with Gasteiger partial charge in [-0.2, -0.15) is 0 Å². The largest absolute Gasteiger partial charge is 0.396 e. The lowest BCUT2D eigenvalue weighted by Gasteiger charge is -2.07. The van der Waals surface area contributed by atoms with Crippen molar-refractivity contribution in [2.75, 3.05) is 17.2 Å². The number of carbonyl (C=O) groups is 2. The number of hydrogen-bond donors (Lipinski definition) is 3. The monoisotopic (exact) mass is 340 g/mol. The molecule has 2 aromatic rings. The predicted octanol–water partition coefficient (Wildman–Crippen LogP) is 3.14. The number of aryl methyl sites for hydroxylation is 1. The summed E-state index contributed by atoms with van der Waals surface area (Å²) in [5.74, 6) is -0.0985. The molecule has 0 aliphatic rings. The molecule has 2 aromatic carbocycles. The van der Waals surface area contributed by atoms with Gasteiger partial charge in [0, 0.05) is 31.3 Å². The fourth-order valence-electron chi connectivity index (χ4n) is 2.52. The van der Waals surface area contributed by atoms with E-state index in [2.05, 4.69) is 10.6 Å². The molecule has 3 N–H and O–H groups in total. The molecule has 2 rings (SSSR count). The molecule has 5 nitrogen and oxygen atoms in total. The summed E-state index contributed by atoms with van der Waals surface area (Å²) in [4.78, 5) is 23.0. The van der Waals surface area contributed by atoms with Gasteiger partial charge in [-0.05, 0) is 54.7 Å². The molecule has 0 spiro atoms. The van der Waals surface area contributed by atoms with Crippen LogP contribution >= 0.6 is 0 Å². The topological polar surface area (TPSA) is 78.4 Å². The minimum Gasteiger partial charge on any atom is -0.396 e. The third-order valence-corrected chi connectivity index (χ3v) is 3.78. The Morgan fingerprint density at radius 2 is 1.36 bits per heavy atom. The second kappa shape index (κ2) is 9.59. The first-order chi connectivity index (χ1) is 12.1. The Morgan fingerprint density at radius 3 is 1.88 bits per heavy atom. The zero-order valence-electron chi connectivity index (χ0n) is 14.4. The molecule has 132 valence electrons. The summed E-state index contributed by atoms with van der Waals surface area (Å²) in [6.45, 7) is 1.60. The van der Waals surface area contributed by atoms with Crippen molar-refractivity contribution in [3.63, 3.8) is 0 Å². The number of carbonyl (C=O) groups excluding carboxylic acids is 2. The molecule has 0 saturated carbocycles. The molecule has 0 unspecified atom stereocenters. The number of nitrogens with one attached hydrogen (secondary N) is 2. The first kappa shape index (κ1) is 18.7. The maximum absolute atomic E-state index is 12.0. The molecule has 0 aromatic heterocycles. The zero-order chi connectivity index (χ0) is 18.1. The lowest BCUT2D eigenvalue weighted by molar-refractivity contribution is -0.116. The van der Waals surface area contributed by atoms with Crippen molar-refractivity contribution >= 4 is 23.2 Å². The van der Waals surface area contributed by atoms with Crippen LogP contribution in [0.25, 0.3) is 0 Å². The lowest BCUT2D eigenvalue weighted by atomic mass is 10.1. The number of amides is 2. The summed E-state index contributed by atoms with van der Waals surface area (Å²) >= 11 is 0. The molecule has 5 heteroatoms. The molecule has 25 heavy (non-hydrogen) atoms. The number of rotatable bonds is 8. The highest BCUT2D eigenvalue weighted by Crippen LogP contribution is 2.13. The van der Waals surface area contributed by atoms with E-state index in [9.17, 15) is 9.59 Å². The lowest BCUT2D eigenvalue weighted by Crippen LogP contribution is -2.11. The van der Waals surface area contributed by atoms with Crippen LogP contribution in [0.5, 0.6) is 0 Å². The van der Waals surface area contributed by atoms with Crippen molar-refractivity contribution < 1.29 is 14.7 Å². The Hall–Kier alpha value is -2.66. The fraction of sp³-hybridized carbons (Fsp3) is 0.300. The Balaban J connectivity index is 1.73. The summed E-state index contributed by atoms with van der Waals surface area (Å²) in [6.07, 6.45) is 2.64. The molecule has 0 heterocycles. The minimum absolute atomic E-state index is 0.00947. The summed E-state index contributed by atoms with van der Waals surface area (Å²) in [7, 11) is 0. The van der Waals surface area contributed by atoms with E-state index in [1.54, 1.807) is 0 Å². The number of benzene rings is 2. The maximum Gasteiger partial charge on any atom is 0.224 e. The minimum atomic E-state index is -0.0891. The highest BCUT2D eigenvalue weighted by atomic mass is 16.3. The number of aliphatic hydroxyl groups is 1. The standard InChI is InChI=1S/C20H24N2O3/c1-15(24)21-18-9-5-16(6-10-18)3-2-4-20(25)22-19-11-7-17(8-12-19)13-14-23/h5-12,23H,2-4,13-14H2,1H3,(H,21,24)(H,22,25). The van der Waals surface area contributed by atoms with E-state index in [-0.39, 0.29) is 18.4 Å². The highest BCUT2D eigenvalue weighted by Gasteiger charge is 2.04. The van der Waals surface area contributed by atoms with E-state index in [0.29, 0.717) is 12.8 Å². The van der Waals surface area contributed by atoms with Gasteiger partial charge >= 0.3 is 0 Å². The van der Waals surface area contributed by atoms with Gasteiger partial charge in [-0.25, -0.2) is 0 Å². The van der Waals surface area contributed by atoms with E-state index >= 15 is 0 Å². The van der Waals surface area contributed by atoms with Crippen molar-refractivity contribution in [3.8, 4) is 0 Å². The van der Waals surface area contributed by atoms with Crippen LogP contribution in [0.15, 0.2) is 48.5 Å². The predicted molar refractivity (Wildman–Crippen MR) is 99.5 cm³/mol. The third-order valence-electron chi connectivity index (χ3n) is 3.78. The van der Waals surface area contributed by atoms with Crippen LogP contribution in [-0.2, 0) is 22.4 Å². The summed E-state index contributed by atoms with van der Waals surface area (Å²) < 4.78 is 0. The van der Waals surface area contributed by atoms with Gasteiger partial charge in [-0.1, -0.05) is 24.3 Å². The van der Waals surface area contributed by atoms with Gasteiger partial charge in [0.2, 0.25) is 11.8 Å². The van der Waals surface area contributed by atoms with Crippen molar-refractivity contribution in [1.82, 2.24) is 0 Å². The Morgan fingerprint density at radius 1 is 0.840 bits per heavy atom. The SMILES string of the molecule is CC(=O)Nc1ccc(CCCC(=O)Nc2ccc(CCO)cc2)cc1. The first-order valence-corrected chi connectivity index (χ1v) is 8.43. The molecule has 2 amide bonds. The van der Waals surface area contributed by atoms with Crippen LogP contribution in [0.4, 0.5) is 11.4 Å².